The highest BCUT2D eigenvalue weighted by molar-refractivity contribution is 5.74. The Balaban J connectivity index is 2.07. The van der Waals surface area contributed by atoms with Gasteiger partial charge >= 0.3 is 5.76 Å². The van der Waals surface area contributed by atoms with Crippen molar-refractivity contribution in [2.75, 3.05) is 0 Å². The summed E-state index contributed by atoms with van der Waals surface area (Å²) in [5, 5.41) is 0. The van der Waals surface area contributed by atoms with Gasteiger partial charge in [-0.3, -0.25) is 4.57 Å². The van der Waals surface area contributed by atoms with Crippen LogP contribution in [0.3, 0.4) is 0 Å². The van der Waals surface area contributed by atoms with Gasteiger partial charge in [-0.05, 0) is 37.6 Å². The maximum Gasteiger partial charge on any atom is 0.419 e. The molecule has 0 amide bonds. The van der Waals surface area contributed by atoms with Gasteiger partial charge in [0, 0.05) is 12.1 Å². The highest BCUT2D eigenvalue weighted by Crippen LogP contribution is 2.24. The molecule has 0 saturated carbocycles. The van der Waals surface area contributed by atoms with Crippen molar-refractivity contribution in [3.05, 3.63) is 58.0 Å². The molecule has 2 N–H and O–H groups in total. The quantitative estimate of drug-likeness (QED) is 0.795. The van der Waals surface area contributed by atoms with Crippen LogP contribution in [-0.4, -0.2) is 4.57 Å². The molecule has 1 atom stereocenters. The van der Waals surface area contributed by atoms with Crippen LogP contribution in [-0.2, 0) is 6.54 Å². The van der Waals surface area contributed by atoms with Crippen LogP contribution in [0.15, 0.2) is 44.2 Å². The number of furan rings is 1. The summed E-state index contributed by atoms with van der Waals surface area (Å²) in [5.41, 5.74) is 9.35. The Morgan fingerprint density at radius 1 is 1.30 bits per heavy atom. The molecule has 3 rings (SSSR count). The second-order valence-corrected chi connectivity index (χ2v) is 4.81. The van der Waals surface area contributed by atoms with Gasteiger partial charge in [-0.15, -0.1) is 0 Å². The number of nitrogens with two attached hydrogens (primary N) is 1. The summed E-state index contributed by atoms with van der Waals surface area (Å²) in [6.45, 7) is 4.36. The molecule has 2 heterocycles. The molecular formula is C15H16N2O3. The molecule has 0 aliphatic rings. The van der Waals surface area contributed by atoms with Gasteiger partial charge in [-0.1, -0.05) is 6.07 Å². The number of hydrogen-bond acceptors (Lipinski definition) is 4. The summed E-state index contributed by atoms with van der Waals surface area (Å²) in [7, 11) is 0. The van der Waals surface area contributed by atoms with E-state index < -0.39 is 0 Å². The monoisotopic (exact) mass is 272 g/mol. The van der Waals surface area contributed by atoms with E-state index in [4.69, 9.17) is 14.6 Å². The lowest BCUT2D eigenvalue weighted by Crippen LogP contribution is -2.12. The molecule has 3 aromatic rings. The third-order valence-electron chi connectivity index (χ3n) is 3.48. The van der Waals surface area contributed by atoms with Gasteiger partial charge in [0.25, 0.3) is 0 Å². The van der Waals surface area contributed by atoms with Gasteiger partial charge in [0.1, 0.15) is 5.76 Å². The van der Waals surface area contributed by atoms with Crippen LogP contribution in [0.4, 0.5) is 0 Å². The first-order valence-electron chi connectivity index (χ1n) is 6.54. The van der Waals surface area contributed by atoms with Crippen molar-refractivity contribution in [2.24, 2.45) is 5.73 Å². The minimum absolute atomic E-state index is 0.299. The van der Waals surface area contributed by atoms with Crippen molar-refractivity contribution in [2.45, 2.75) is 26.4 Å². The number of fused-ring (bicyclic) bond motifs is 1. The third kappa shape index (κ3) is 1.96. The molecule has 1 unspecified atom stereocenters. The minimum atomic E-state index is -0.340. The first-order chi connectivity index (χ1) is 9.60. The lowest BCUT2D eigenvalue weighted by molar-refractivity contribution is 0.513. The van der Waals surface area contributed by atoms with Crippen LogP contribution in [0, 0.1) is 6.92 Å². The van der Waals surface area contributed by atoms with Crippen molar-refractivity contribution < 1.29 is 8.83 Å². The van der Waals surface area contributed by atoms with Crippen LogP contribution in [0.5, 0.6) is 0 Å². The summed E-state index contributed by atoms with van der Waals surface area (Å²) >= 11 is 0. The van der Waals surface area contributed by atoms with Gasteiger partial charge in [-0.2, -0.15) is 0 Å². The Labute approximate surface area is 115 Å². The number of rotatable bonds is 3. The SMILES string of the molecule is CCn1c(=O)oc2cc(C(N)c3coc(C)c3)ccc21. The maximum atomic E-state index is 11.7. The normalized spacial score (nSPS) is 12.9. The van der Waals surface area contributed by atoms with E-state index in [0.29, 0.717) is 12.1 Å². The van der Waals surface area contributed by atoms with Crippen LogP contribution < -0.4 is 11.5 Å². The molecule has 0 radical (unpaired) electrons. The lowest BCUT2D eigenvalue weighted by atomic mass is 10.0. The second-order valence-electron chi connectivity index (χ2n) is 4.81. The fraction of sp³-hybridized carbons (Fsp3) is 0.267. The number of hydrogen-bond donors (Lipinski definition) is 1. The number of benzene rings is 1. The van der Waals surface area contributed by atoms with Gasteiger partial charge < -0.3 is 14.6 Å². The van der Waals surface area contributed by atoms with Crippen LogP contribution in [0.2, 0.25) is 0 Å². The minimum Gasteiger partial charge on any atom is -0.469 e. The fourth-order valence-corrected chi connectivity index (χ4v) is 2.40. The first-order valence-corrected chi connectivity index (χ1v) is 6.54. The zero-order valence-corrected chi connectivity index (χ0v) is 11.4. The molecule has 0 aliphatic heterocycles. The van der Waals surface area contributed by atoms with E-state index >= 15 is 0 Å². The molecular weight excluding hydrogens is 256 g/mol. The molecule has 2 aromatic heterocycles. The molecule has 5 nitrogen and oxygen atoms in total. The molecule has 0 aliphatic carbocycles. The average Bonchev–Trinajstić information content (AvgIpc) is 2.99. The summed E-state index contributed by atoms with van der Waals surface area (Å²) in [5.74, 6) is 0.479. The highest BCUT2D eigenvalue weighted by Gasteiger charge is 2.14. The molecule has 1 aromatic carbocycles. The molecule has 0 bridgehead atoms. The Morgan fingerprint density at radius 3 is 2.75 bits per heavy atom. The van der Waals surface area contributed by atoms with Crippen molar-refractivity contribution in [1.82, 2.24) is 4.57 Å². The fourth-order valence-electron chi connectivity index (χ4n) is 2.40. The molecule has 0 spiro atoms. The maximum absolute atomic E-state index is 11.7. The zero-order chi connectivity index (χ0) is 14.3. The first kappa shape index (κ1) is 12.7. The smallest absolute Gasteiger partial charge is 0.419 e. The van der Waals surface area contributed by atoms with Crippen molar-refractivity contribution in [1.29, 1.82) is 0 Å². The van der Waals surface area contributed by atoms with E-state index in [0.717, 1.165) is 22.4 Å². The third-order valence-corrected chi connectivity index (χ3v) is 3.48. The summed E-state index contributed by atoms with van der Waals surface area (Å²) in [6, 6.07) is 7.20. The summed E-state index contributed by atoms with van der Waals surface area (Å²) < 4.78 is 12.1. The Morgan fingerprint density at radius 2 is 2.10 bits per heavy atom. The van der Waals surface area contributed by atoms with E-state index in [1.54, 1.807) is 10.8 Å². The van der Waals surface area contributed by atoms with Gasteiger partial charge in [0.05, 0.1) is 17.8 Å². The molecule has 104 valence electrons. The van der Waals surface area contributed by atoms with E-state index in [2.05, 4.69) is 0 Å². The number of aryl methyl sites for hydroxylation is 2. The zero-order valence-electron chi connectivity index (χ0n) is 11.4. The largest absolute Gasteiger partial charge is 0.469 e. The number of nitrogens with zero attached hydrogens (tertiary/aromatic N) is 1. The van der Waals surface area contributed by atoms with Crippen LogP contribution >= 0.6 is 0 Å². The Kier molecular flexibility index (Phi) is 2.99. The van der Waals surface area contributed by atoms with E-state index in [-0.39, 0.29) is 11.8 Å². The lowest BCUT2D eigenvalue weighted by Gasteiger charge is -2.09. The average molecular weight is 272 g/mol. The predicted octanol–water partition coefficient (Wildman–Crippen LogP) is 2.56. The van der Waals surface area contributed by atoms with Gasteiger partial charge in [0.15, 0.2) is 5.58 Å². The summed E-state index contributed by atoms with van der Waals surface area (Å²) in [4.78, 5) is 11.7. The Hall–Kier alpha value is -2.27. The van der Waals surface area contributed by atoms with Crippen molar-refractivity contribution >= 4 is 11.1 Å². The predicted molar refractivity (Wildman–Crippen MR) is 75.6 cm³/mol. The van der Waals surface area contributed by atoms with E-state index in [9.17, 15) is 4.79 Å². The van der Waals surface area contributed by atoms with E-state index in [1.165, 1.54) is 0 Å². The molecule has 20 heavy (non-hydrogen) atoms. The van der Waals surface area contributed by atoms with Crippen molar-refractivity contribution in [3.63, 3.8) is 0 Å². The van der Waals surface area contributed by atoms with Crippen LogP contribution in [0.25, 0.3) is 11.1 Å². The van der Waals surface area contributed by atoms with Gasteiger partial charge in [-0.25, -0.2) is 4.79 Å². The summed E-state index contributed by atoms with van der Waals surface area (Å²) in [6.07, 6.45) is 1.65. The topological polar surface area (TPSA) is 74.3 Å². The Bertz CT molecular complexity index is 810. The highest BCUT2D eigenvalue weighted by atomic mass is 16.4. The van der Waals surface area contributed by atoms with Crippen molar-refractivity contribution in [3.8, 4) is 0 Å². The van der Waals surface area contributed by atoms with E-state index in [1.807, 2.05) is 38.1 Å². The molecule has 0 fully saturated rings. The number of oxazole rings is 1. The standard InChI is InChI=1S/C15H16N2O3/c1-3-17-12-5-4-10(7-13(12)20-15(17)18)14(16)11-6-9(2)19-8-11/h4-8,14H,3,16H2,1-2H3. The molecule has 0 saturated heterocycles. The number of aromatic nitrogens is 1. The second kappa shape index (κ2) is 4.68. The molecule has 5 heteroatoms. The van der Waals surface area contributed by atoms with Gasteiger partial charge in [0.2, 0.25) is 0 Å². The van der Waals surface area contributed by atoms with Crippen LogP contribution in [0.1, 0.15) is 29.9 Å².